The van der Waals surface area contributed by atoms with Gasteiger partial charge in [0.05, 0.1) is 11.7 Å². The van der Waals surface area contributed by atoms with Crippen molar-refractivity contribution in [2.75, 3.05) is 18.4 Å². The van der Waals surface area contributed by atoms with Crippen LogP contribution in [0.4, 0.5) is 5.69 Å². The molecule has 2 N–H and O–H groups in total. The zero-order valence-corrected chi connectivity index (χ0v) is 16.4. The average Bonchev–Trinajstić information content (AvgIpc) is 3.13. The van der Waals surface area contributed by atoms with Gasteiger partial charge in [-0.15, -0.1) is 5.10 Å². The molecule has 1 saturated heterocycles. The van der Waals surface area contributed by atoms with Gasteiger partial charge in [0.1, 0.15) is 5.75 Å². The third-order valence-electron chi connectivity index (χ3n) is 4.99. The molecule has 1 amide bonds. The van der Waals surface area contributed by atoms with E-state index in [1.54, 1.807) is 30.6 Å². The Morgan fingerprint density at radius 2 is 1.97 bits per heavy atom. The normalized spacial score (nSPS) is 14.6. The number of hydrogen-bond donors (Lipinski definition) is 2. The number of piperidine rings is 1. The Balaban J connectivity index is 1.46. The minimum absolute atomic E-state index is 0.272. The van der Waals surface area contributed by atoms with Gasteiger partial charge in [-0.2, -0.15) is 0 Å². The van der Waals surface area contributed by atoms with E-state index < -0.39 is 0 Å². The molecule has 2 aromatic heterocycles. The van der Waals surface area contributed by atoms with Gasteiger partial charge < -0.3 is 15.4 Å². The van der Waals surface area contributed by atoms with E-state index in [4.69, 9.17) is 4.74 Å². The van der Waals surface area contributed by atoms with Crippen LogP contribution in [-0.4, -0.2) is 44.0 Å². The smallest absolute Gasteiger partial charge is 0.321 e. The number of hydrogen-bond acceptors (Lipinski definition) is 7. The van der Waals surface area contributed by atoms with Crippen LogP contribution >= 0.6 is 0 Å². The summed E-state index contributed by atoms with van der Waals surface area (Å²) in [7, 11) is 0. The summed E-state index contributed by atoms with van der Waals surface area (Å²) in [6, 6.07) is 7.65. The van der Waals surface area contributed by atoms with E-state index in [0.717, 1.165) is 37.2 Å². The highest BCUT2D eigenvalue weighted by Gasteiger charge is 2.23. The highest BCUT2D eigenvalue weighted by Crippen LogP contribution is 2.25. The summed E-state index contributed by atoms with van der Waals surface area (Å²) in [4.78, 5) is 20.8. The number of aromatic nitrogens is 5. The largest absolute Gasteiger partial charge is 0.424 e. The van der Waals surface area contributed by atoms with Crippen molar-refractivity contribution in [1.29, 1.82) is 0 Å². The maximum atomic E-state index is 12.8. The lowest BCUT2D eigenvalue weighted by Gasteiger charge is -2.23. The van der Waals surface area contributed by atoms with Crippen LogP contribution in [0.3, 0.4) is 0 Å². The Bertz CT molecular complexity index is 997. The molecular formula is C20H23N7O2. The van der Waals surface area contributed by atoms with Gasteiger partial charge in [0, 0.05) is 18.1 Å². The minimum atomic E-state index is -0.272. The lowest BCUT2D eigenvalue weighted by Crippen LogP contribution is -2.30. The molecule has 0 atom stereocenters. The van der Waals surface area contributed by atoms with E-state index in [0.29, 0.717) is 17.1 Å². The average molecular weight is 393 g/mol. The summed E-state index contributed by atoms with van der Waals surface area (Å²) < 4.78 is 7.50. The second-order valence-electron chi connectivity index (χ2n) is 7.01. The molecule has 3 aromatic rings. The van der Waals surface area contributed by atoms with Crippen molar-refractivity contribution in [2.45, 2.75) is 32.7 Å². The third kappa shape index (κ3) is 4.24. The predicted octanol–water partition coefficient (Wildman–Crippen LogP) is 2.65. The molecule has 150 valence electrons. The van der Waals surface area contributed by atoms with Gasteiger partial charge in [0.15, 0.2) is 5.69 Å². The van der Waals surface area contributed by atoms with E-state index in [1.807, 2.05) is 24.6 Å². The zero-order valence-electron chi connectivity index (χ0n) is 16.4. The Labute approximate surface area is 168 Å². The standard InChI is InChI=1S/C20H23N7O2/c1-13-12-16(29-20-22-8-3-9-23-20)4-5-17(13)24-19(28)18-14(2)27(26-25-18)15-6-10-21-11-7-15/h3-5,8-9,12,15,21H,6-7,10-11H2,1-2H3,(H,24,28). The highest BCUT2D eigenvalue weighted by molar-refractivity contribution is 6.03. The number of nitrogens with zero attached hydrogens (tertiary/aromatic N) is 5. The Morgan fingerprint density at radius 1 is 1.21 bits per heavy atom. The van der Waals surface area contributed by atoms with Crippen LogP contribution in [0.2, 0.25) is 0 Å². The van der Waals surface area contributed by atoms with Crippen molar-refractivity contribution in [2.24, 2.45) is 0 Å². The fourth-order valence-corrected chi connectivity index (χ4v) is 3.41. The third-order valence-corrected chi connectivity index (χ3v) is 4.99. The maximum absolute atomic E-state index is 12.8. The number of carbonyl (C=O) groups is 1. The molecule has 9 nitrogen and oxygen atoms in total. The SMILES string of the molecule is Cc1cc(Oc2ncccn2)ccc1NC(=O)c1nnn(C2CCNCC2)c1C. The molecule has 1 aromatic carbocycles. The first kappa shape index (κ1) is 19.0. The Morgan fingerprint density at radius 3 is 2.69 bits per heavy atom. The highest BCUT2D eigenvalue weighted by atomic mass is 16.5. The Kier molecular flexibility index (Phi) is 5.48. The van der Waals surface area contributed by atoms with E-state index in [1.165, 1.54) is 0 Å². The van der Waals surface area contributed by atoms with E-state index in [-0.39, 0.29) is 18.0 Å². The number of anilines is 1. The number of amides is 1. The maximum Gasteiger partial charge on any atom is 0.321 e. The minimum Gasteiger partial charge on any atom is -0.424 e. The molecule has 0 saturated carbocycles. The fraction of sp³-hybridized carbons (Fsp3) is 0.350. The van der Waals surface area contributed by atoms with Crippen molar-refractivity contribution in [1.82, 2.24) is 30.3 Å². The van der Waals surface area contributed by atoms with Crippen LogP contribution < -0.4 is 15.4 Å². The number of benzene rings is 1. The van der Waals surface area contributed by atoms with E-state index in [2.05, 4.69) is 30.9 Å². The summed E-state index contributed by atoms with van der Waals surface area (Å²) in [5.74, 6) is 0.325. The van der Waals surface area contributed by atoms with Gasteiger partial charge in [-0.25, -0.2) is 14.6 Å². The quantitative estimate of drug-likeness (QED) is 0.686. The summed E-state index contributed by atoms with van der Waals surface area (Å²) >= 11 is 0. The van der Waals surface area contributed by atoms with E-state index >= 15 is 0 Å². The molecule has 0 aliphatic carbocycles. The predicted molar refractivity (Wildman–Crippen MR) is 107 cm³/mol. The number of rotatable bonds is 5. The van der Waals surface area contributed by atoms with Gasteiger partial charge >= 0.3 is 6.01 Å². The first-order valence-electron chi connectivity index (χ1n) is 9.61. The summed E-state index contributed by atoms with van der Waals surface area (Å²) in [5, 5.41) is 14.6. The second kappa shape index (κ2) is 8.36. The number of nitrogens with one attached hydrogen (secondary N) is 2. The van der Waals surface area contributed by atoms with Crippen molar-refractivity contribution in [3.8, 4) is 11.8 Å². The molecule has 1 aliphatic rings. The molecule has 0 unspecified atom stereocenters. The van der Waals surface area contributed by atoms with Gasteiger partial charge in [-0.3, -0.25) is 4.79 Å². The topological polar surface area (TPSA) is 107 Å². The molecular weight excluding hydrogens is 370 g/mol. The molecule has 3 heterocycles. The molecule has 1 fully saturated rings. The second-order valence-corrected chi connectivity index (χ2v) is 7.01. The summed E-state index contributed by atoms with van der Waals surface area (Å²) in [6.45, 7) is 5.69. The van der Waals surface area contributed by atoms with Gasteiger partial charge in [-0.1, -0.05) is 5.21 Å². The molecule has 0 bridgehead atoms. The fourth-order valence-electron chi connectivity index (χ4n) is 3.41. The number of carbonyl (C=O) groups excluding carboxylic acids is 1. The first-order chi connectivity index (χ1) is 14.1. The molecule has 1 aliphatic heterocycles. The lowest BCUT2D eigenvalue weighted by molar-refractivity contribution is 0.102. The molecule has 0 spiro atoms. The van der Waals surface area contributed by atoms with Crippen molar-refractivity contribution in [3.05, 3.63) is 53.6 Å². The number of aryl methyl sites for hydroxylation is 1. The van der Waals surface area contributed by atoms with Crippen LogP contribution in [0.1, 0.15) is 40.6 Å². The molecule has 29 heavy (non-hydrogen) atoms. The van der Waals surface area contributed by atoms with Crippen molar-refractivity contribution in [3.63, 3.8) is 0 Å². The van der Waals surface area contributed by atoms with E-state index in [9.17, 15) is 4.79 Å². The van der Waals surface area contributed by atoms with Gasteiger partial charge in [0.25, 0.3) is 5.91 Å². The van der Waals surface area contributed by atoms with Crippen molar-refractivity contribution >= 4 is 11.6 Å². The van der Waals surface area contributed by atoms with Crippen LogP contribution in [-0.2, 0) is 0 Å². The van der Waals surface area contributed by atoms with Gasteiger partial charge in [0.2, 0.25) is 0 Å². The van der Waals surface area contributed by atoms with Crippen LogP contribution in [0, 0.1) is 13.8 Å². The van der Waals surface area contributed by atoms with Crippen LogP contribution in [0.25, 0.3) is 0 Å². The Hall–Kier alpha value is -3.33. The van der Waals surface area contributed by atoms with Crippen molar-refractivity contribution < 1.29 is 9.53 Å². The van der Waals surface area contributed by atoms with Crippen LogP contribution in [0.15, 0.2) is 36.7 Å². The molecule has 9 heteroatoms. The number of ether oxygens (including phenoxy) is 1. The molecule has 4 rings (SSSR count). The van der Waals surface area contributed by atoms with Gasteiger partial charge in [-0.05, 0) is 69.6 Å². The summed E-state index contributed by atoms with van der Waals surface area (Å²) in [6.07, 6.45) is 5.19. The van der Waals surface area contributed by atoms with Crippen LogP contribution in [0.5, 0.6) is 11.8 Å². The summed E-state index contributed by atoms with van der Waals surface area (Å²) in [5.41, 5.74) is 2.68. The first-order valence-corrected chi connectivity index (χ1v) is 9.61. The molecule has 0 radical (unpaired) electrons. The zero-order chi connectivity index (χ0) is 20.2. The monoisotopic (exact) mass is 393 g/mol. The lowest BCUT2D eigenvalue weighted by atomic mass is 10.1.